The van der Waals surface area contributed by atoms with E-state index in [0.717, 1.165) is 12.5 Å². The van der Waals surface area contributed by atoms with Crippen LogP contribution in [0.15, 0.2) is 4.99 Å². The van der Waals surface area contributed by atoms with Crippen molar-refractivity contribution in [1.29, 1.82) is 0 Å². The van der Waals surface area contributed by atoms with E-state index in [0.29, 0.717) is 12.1 Å². The molecular formula is C19H40N6. The van der Waals surface area contributed by atoms with E-state index in [1.807, 2.05) is 7.05 Å². The summed E-state index contributed by atoms with van der Waals surface area (Å²) in [5, 5.41) is 7.17. The number of aliphatic imine (C=N–C) groups is 1. The maximum absolute atomic E-state index is 4.43. The van der Waals surface area contributed by atoms with Crippen LogP contribution in [0.4, 0.5) is 0 Å². The summed E-state index contributed by atoms with van der Waals surface area (Å²) in [6.07, 6.45) is 3.69. The molecule has 0 amide bonds. The predicted octanol–water partition coefficient (Wildman–Crippen LogP) is 1.05. The zero-order chi connectivity index (χ0) is 18.1. The van der Waals surface area contributed by atoms with Crippen LogP contribution in [-0.4, -0.2) is 98.7 Å². The molecule has 2 aliphatic rings. The molecule has 146 valence electrons. The Bertz CT molecular complexity index is 383. The third-order valence-electron chi connectivity index (χ3n) is 5.73. The van der Waals surface area contributed by atoms with Gasteiger partial charge in [0.15, 0.2) is 5.96 Å². The van der Waals surface area contributed by atoms with E-state index >= 15 is 0 Å². The van der Waals surface area contributed by atoms with Crippen molar-refractivity contribution in [2.45, 2.75) is 52.1 Å². The molecule has 6 heteroatoms. The first-order chi connectivity index (χ1) is 12.2. The van der Waals surface area contributed by atoms with Crippen molar-refractivity contribution in [1.82, 2.24) is 25.3 Å². The van der Waals surface area contributed by atoms with E-state index in [1.54, 1.807) is 0 Å². The van der Waals surface area contributed by atoms with Gasteiger partial charge in [0.05, 0.1) is 0 Å². The fraction of sp³-hybridized carbons (Fsp3) is 0.947. The number of piperazine rings is 1. The standard InChI is InChI=1S/C19H40N6/c1-5-9-24-10-7-18(8-11-24)22-19(20-4)21-16-17(3)25-14-12-23(6-2)13-15-25/h17-18H,5-16H2,1-4H3,(H2,20,21,22). The Morgan fingerprint density at radius 1 is 1.04 bits per heavy atom. The van der Waals surface area contributed by atoms with Gasteiger partial charge in [-0.3, -0.25) is 9.89 Å². The zero-order valence-corrected chi connectivity index (χ0v) is 16.9. The first kappa shape index (κ1) is 20.5. The van der Waals surface area contributed by atoms with Gasteiger partial charge < -0.3 is 20.4 Å². The molecule has 25 heavy (non-hydrogen) atoms. The summed E-state index contributed by atoms with van der Waals surface area (Å²) >= 11 is 0. The average molecular weight is 353 g/mol. The van der Waals surface area contributed by atoms with E-state index in [4.69, 9.17) is 0 Å². The van der Waals surface area contributed by atoms with Gasteiger partial charge >= 0.3 is 0 Å². The molecule has 6 nitrogen and oxygen atoms in total. The Kier molecular flexibility index (Phi) is 8.99. The fourth-order valence-corrected chi connectivity index (χ4v) is 3.90. The third-order valence-corrected chi connectivity index (χ3v) is 5.73. The summed E-state index contributed by atoms with van der Waals surface area (Å²) < 4.78 is 0. The molecule has 1 atom stereocenters. The van der Waals surface area contributed by atoms with Gasteiger partial charge in [-0.25, -0.2) is 0 Å². The monoisotopic (exact) mass is 352 g/mol. The highest BCUT2D eigenvalue weighted by atomic mass is 15.3. The fourth-order valence-electron chi connectivity index (χ4n) is 3.90. The molecule has 0 aliphatic carbocycles. The van der Waals surface area contributed by atoms with Crippen LogP contribution in [0, 0.1) is 0 Å². The maximum Gasteiger partial charge on any atom is 0.191 e. The molecule has 1 unspecified atom stereocenters. The minimum atomic E-state index is 0.545. The van der Waals surface area contributed by atoms with Crippen LogP contribution in [0.2, 0.25) is 0 Å². The Hall–Kier alpha value is -0.850. The van der Waals surface area contributed by atoms with E-state index in [9.17, 15) is 0 Å². The second-order valence-corrected chi connectivity index (χ2v) is 7.53. The topological polar surface area (TPSA) is 46.1 Å². The summed E-state index contributed by atoms with van der Waals surface area (Å²) in [5.74, 6) is 0.966. The lowest BCUT2D eigenvalue weighted by atomic mass is 10.1. The summed E-state index contributed by atoms with van der Waals surface area (Å²) in [4.78, 5) is 12.1. The van der Waals surface area contributed by atoms with Crippen LogP contribution in [0.1, 0.15) is 40.0 Å². The van der Waals surface area contributed by atoms with E-state index in [2.05, 4.69) is 51.1 Å². The SMILES string of the molecule is CCCN1CCC(NC(=NC)NCC(C)N2CCN(CC)CC2)CC1. The van der Waals surface area contributed by atoms with Gasteiger partial charge in [-0.05, 0) is 39.3 Å². The lowest BCUT2D eigenvalue weighted by molar-refractivity contribution is 0.107. The molecule has 2 aliphatic heterocycles. The predicted molar refractivity (Wildman–Crippen MR) is 107 cm³/mol. The Morgan fingerprint density at radius 2 is 1.72 bits per heavy atom. The lowest BCUT2D eigenvalue weighted by Crippen LogP contribution is -2.54. The van der Waals surface area contributed by atoms with Crippen molar-refractivity contribution >= 4 is 5.96 Å². The molecule has 2 rings (SSSR count). The van der Waals surface area contributed by atoms with Crippen molar-refractivity contribution in [3.63, 3.8) is 0 Å². The Morgan fingerprint density at radius 3 is 2.28 bits per heavy atom. The van der Waals surface area contributed by atoms with Gasteiger partial charge in [-0.2, -0.15) is 0 Å². The second-order valence-electron chi connectivity index (χ2n) is 7.53. The van der Waals surface area contributed by atoms with Crippen LogP contribution in [0.3, 0.4) is 0 Å². The maximum atomic E-state index is 4.43. The third kappa shape index (κ3) is 6.76. The van der Waals surface area contributed by atoms with Crippen molar-refractivity contribution in [2.75, 3.05) is 66.0 Å². The van der Waals surface area contributed by atoms with Crippen LogP contribution in [0.5, 0.6) is 0 Å². The van der Waals surface area contributed by atoms with Gasteiger partial charge in [0, 0.05) is 64.9 Å². The number of likely N-dealkylation sites (tertiary alicyclic amines) is 1. The molecule has 0 aromatic heterocycles. The quantitative estimate of drug-likeness (QED) is 0.530. The van der Waals surface area contributed by atoms with Crippen molar-refractivity contribution < 1.29 is 0 Å². The minimum Gasteiger partial charge on any atom is -0.355 e. The molecule has 2 fully saturated rings. The number of hydrogen-bond acceptors (Lipinski definition) is 4. The van der Waals surface area contributed by atoms with Gasteiger partial charge in [0.25, 0.3) is 0 Å². The second kappa shape index (κ2) is 11.0. The first-order valence-electron chi connectivity index (χ1n) is 10.3. The van der Waals surface area contributed by atoms with Crippen molar-refractivity contribution in [3.8, 4) is 0 Å². The van der Waals surface area contributed by atoms with E-state index in [-0.39, 0.29) is 0 Å². The van der Waals surface area contributed by atoms with Crippen LogP contribution < -0.4 is 10.6 Å². The van der Waals surface area contributed by atoms with Gasteiger partial charge in [-0.1, -0.05) is 13.8 Å². The van der Waals surface area contributed by atoms with Crippen molar-refractivity contribution in [2.24, 2.45) is 4.99 Å². The lowest BCUT2D eigenvalue weighted by Gasteiger charge is -2.38. The van der Waals surface area contributed by atoms with Gasteiger partial charge in [0.2, 0.25) is 0 Å². The summed E-state index contributed by atoms with van der Waals surface area (Å²) in [6.45, 7) is 17.4. The number of nitrogens with one attached hydrogen (secondary N) is 2. The highest BCUT2D eigenvalue weighted by molar-refractivity contribution is 5.80. The molecule has 0 bridgehead atoms. The van der Waals surface area contributed by atoms with Crippen LogP contribution >= 0.6 is 0 Å². The molecule has 2 saturated heterocycles. The highest BCUT2D eigenvalue weighted by Crippen LogP contribution is 2.10. The summed E-state index contributed by atoms with van der Waals surface area (Å²) in [5.41, 5.74) is 0. The number of piperidine rings is 1. The molecule has 0 aromatic carbocycles. The minimum absolute atomic E-state index is 0.545. The zero-order valence-electron chi connectivity index (χ0n) is 16.9. The molecular weight excluding hydrogens is 312 g/mol. The molecule has 2 heterocycles. The molecule has 0 spiro atoms. The van der Waals surface area contributed by atoms with Crippen LogP contribution in [-0.2, 0) is 0 Å². The smallest absolute Gasteiger partial charge is 0.191 e. The molecule has 0 radical (unpaired) electrons. The van der Waals surface area contributed by atoms with Gasteiger partial charge in [-0.15, -0.1) is 0 Å². The average Bonchev–Trinajstić information content (AvgIpc) is 2.66. The largest absolute Gasteiger partial charge is 0.355 e. The highest BCUT2D eigenvalue weighted by Gasteiger charge is 2.22. The number of rotatable bonds is 7. The van der Waals surface area contributed by atoms with E-state index in [1.165, 1.54) is 71.6 Å². The van der Waals surface area contributed by atoms with Crippen LogP contribution in [0.25, 0.3) is 0 Å². The Balaban J connectivity index is 1.66. The first-order valence-corrected chi connectivity index (χ1v) is 10.3. The Labute approximate surface area is 155 Å². The van der Waals surface area contributed by atoms with Crippen molar-refractivity contribution in [3.05, 3.63) is 0 Å². The number of nitrogens with zero attached hydrogens (tertiary/aromatic N) is 4. The summed E-state index contributed by atoms with van der Waals surface area (Å²) in [6, 6.07) is 1.10. The number of guanidine groups is 1. The number of likely N-dealkylation sites (N-methyl/N-ethyl adjacent to an activating group) is 1. The molecule has 0 aromatic rings. The van der Waals surface area contributed by atoms with Gasteiger partial charge in [0.1, 0.15) is 0 Å². The molecule has 2 N–H and O–H groups in total. The van der Waals surface area contributed by atoms with E-state index < -0.39 is 0 Å². The molecule has 0 saturated carbocycles. The summed E-state index contributed by atoms with van der Waals surface area (Å²) in [7, 11) is 1.88. The number of hydrogen-bond donors (Lipinski definition) is 2. The normalized spacial score (nSPS) is 23.6.